The van der Waals surface area contributed by atoms with Crippen LogP contribution in [-0.4, -0.2) is 77.1 Å². The highest BCUT2D eigenvalue weighted by Crippen LogP contribution is 2.14. The molecule has 0 spiro atoms. The largest absolute Gasteiger partial charge is 0.379 e. The van der Waals surface area contributed by atoms with Gasteiger partial charge in [0.15, 0.2) is 5.96 Å². The molecule has 2 fully saturated rings. The maximum Gasteiger partial charge on any atom is 0.190 e. The van der Waals surface area contributed by atoms with Gasteiger partial charge in [-0.15, -0.1) is 24.0 Å². The number of likely N-dealkylation sites (tertiary alicyclic amines) is 1. The topological polar surface area (TPSA) is 58.1 Å². The van der Waals surface area contributed by atoms with Gasteiger partial charge in [-0.2, -0.15) is 0 Å². The van der Waals surface area contributed by atoms with Crippen LogP contribution in [0.2, 0.25) is 0 Å². The Labute approximate surface area is 164 Å². The normalized spacial score (nSPS) is 23.1. The van der Waals surface area contributed by atoms with Gasteiger partial charge in [0.05, 0.1) is 12.7 Å². The van der Waals surface area contributed by atoms with Crippen molar-refractivity contribution >= 4 is 29.9 Å². The van der Waals surface area contributed by atoms with Crippen molar-refractivity contribution in [1.82, 2.24) is 15.5 Å². The third-order valence-electron chi connectivity index (χ3n) is 4.71. The van der Waals surface area contributed by atoms with E-state index in [2.05, 4.69) is 27.6 Å². The zero-order valence-corrected chi connectivity index (χ0v) is 17.6. The van der Waals surface area contributed by atoms with E-state index in [0.717, 1.165) is 57.6 Å². The quantitative estimate of drug-likeness (QED) is 0.253. The van der Waals surface area contributed by atoms with Crippen LogP contribution in [0.5, 0.6) is 0 Å². The molecule has 6 nitrogen and oxygen atoms in total. The average molecular weight is 454 g/mol. The molecule has 2 saturated heterocycles. The molecule has 2 aliphatic rings. The lowest BCUT2D eigenvalue weighted by atomic mass is 9.97. The molecule has 2 rings (SSSR count). The van der Waals surface area contributed by atoms with Crippen LogP contribution in [0.25, 0.3) is 0 Å². The lowest BCUT2D eigenvalue weighted by Gasteiger charge is -2.29. The maximum absolute atomic E-state index is 5.67. The van der Waals surface area contributed by atoms with Crippen molar-refractivity contribution in [3.63, 3.8) is 0 Å². The molecule has 0 aromatic rings. The monoisotopic (exact) mass is 454 g/mol. The Balaban J connectivity index is 0.00000288. The predicted octanol–water partition coefficient (Wildman–Crippen LogP) is 1.70. The summed E-state index contributed by atoms with van der Waals surface area (Å²) in [5.41, 5.74) is 0. The highest BCUT2D eigenvalue weighted by Gasteiger charge is 2.17. The molecular weight excluding hydrogens is 419 g/mol. The standard InChI is InChI=1S/C17H34N4O2.HI/c1-18-17(20-13-15-6-9-21(2)10-7-15)19-8-4-11-22-14-16-5-3-12-23-16;/h15-16H,3-14H2,1-2H3,(H2,18,19,20);1H. The number of hydrogen-bond acceptors (Lipinski definition) is 4. The number of nitrogens with zero attached hydrogens (tertiary/aromatic N) is 2. The van der Waals surface area contributed by atoms with Crippen LogP contribution < -0.4 is 10.6 Å². The molecule has 142 valence electrons. The van der Waals surface area contributed by atoms with Gasteiger partial charge >= 0.3 is 0 Å². The van der Waals surface area contributed by atoms with E-state index in [1.165, 1.54) is 32.4 Å². The number of rotatable bonds is 8. The molecule has 24 heavy (non-hydrogen) atoms. The summed E-state index contributed by atoms with van der Waals surface area (Å²) in [4.78, 5) is 6.69. The molecule has 0 aromatic heterocycles. The molecule has 2 N–H and O–H groups in total. The zero-order valence-electron chi connectivity index (χ0n) is 15.3. The van der Waals surface area contributed by atoms with Crippen LogP contribution in [0.1, 0.15) is 32.1 Å². The molecule has 0 radical (unpaired) electrons. The fourth-order valence-electron chi connectivity index (χ4n) is 3.10. The van der Waals surface area contributed by atoms with Gasteiger partial charge in [-0.3, -0.25) is 4.99 Å². The Morgan fingerprint density at radius 2 is 2.04 bits per heavy atom. The van der Waals surface area contributed by atoms with Gasteiger partial charge in [-0.05, 0) is 58.2 Å². The van der Waals surface area contributed by atoms with Crippen molar-refractivity contribution in [3.05, 3.63) is 0 Å². The molecular formula is C17H35IN4O2. The highest BCUT2D eigenvalue weighted by molar-refractivity contribution is 14.0. The van der Waals surface area contributed by atoms with Gasteiger partial charge in [-0.25, -0.2) is 0 Å². The average Bonchev–Trinajstić information content (AvgIpc) is 3.08. The first-order chi connectivity index (χ1) is 11.3. The SMILES string of the molecule is CN=C(NCCCOCC1CCCO1)NCC1CCN(C)CC1.I. The molecule has 2 heterocycles. The van der Waals surface area contributed by atoms with Crippen molar-refractivity contribution in [2.24, 2.45) is 10.9 Å². The zero-order chi connectivity index (χ0) is 16.3. The summed E-state index contributed by atoms with van der Waals surface area (Å²) in [5.74, 6) is 1.67. The maximum atomic E-state index is 5.67. The van der Waals surface area contributed by atoms with E-state index in [9.17, 15) is 0 Å². The van der Waals surface area contributed by atoms with E-state index in [4.69, 9.17) is 9.47 Å². The van der Waals surface area contributed by atoms with Crippen LogP contribution in [0, 0.1) is 5.92 Å². The first kappa shape index (κ1) is 21.9. The number of aliphatic imine (C=N–C) groups is 1. The minimum Gasteiger partial charge on any atom is -0.379 e. The fourth-order valence-corrected chi connectivity index (χ4v) is 3.10. The molecule has 0 saturated carbocycles. The van der Waals surface area contributed by atoms with Crippen molar-refractivity contribution < 1.29 is 9.47 Å². The number of halogens is 1. The Kier molecular flexibility index (Phi) is 12.0. The Morgan fingerprint density at radius 1 is 1.25 bits per heavy atom. The number of guanidine groups is 1. The molecule has 1 atom stereocenters. The van der Waals surface area contributed by atoms with Crippen LogP contribution in [0.4, 0.5) is 0 Å². The van der Waals surface area contributed by atoms with Crippen LogP contribution in [0.15, 0.2) is 4.99 Å². The van der Waals surface area contributed by atoms with Crippen molar-refractivity contribution in [1.29, 1.82) is 0 Å². The van der Waals surface area contributed by atoms with E-state index in [0.29, 0.717) is 6.10 Å². The summed E-state index contributed by atoms with van der Waals surface area (Å²) in [7, 11) is 4.03. The van der Waals surface area contributed by atoms with Gasteiger partial charge < -0.3 is 25.0 Å². The van der Waals surface area contributed by atoms with E-state index in [1.54, 1.807) is 0 Å². The van der Waals surface area contributed by atoms with Gasteiger partial charge in [0.25, 0.3) is 0 Å². The van der Waals surface area contributed by atoms with E-state index < -0.39 is 0 Å². The third-order valence-corrected chi connectivity index (χ3v) is 4.71. The minimum atomic E-state index is 0. The Morgan fingerprint density at radius 3 is 2.71 bits per heavy atom. The second kappa shape index (κ2) is 13.1. The first-order valence-corrected chi connectivity index (χ1v) is 9.10. The Bertz CT molecular complexity index is 343. The van der Waals surface area contributed by atoms with Crippen LogP contribution in [-0.2, 0) is 9.47 Å². The number of ether oxygens (including phenoxy) is 2. The van der Waals surface area contributed by atoms with Crippen LogP contribution in [0.3, 0.4) is 0 Å². The van der Waals surface area contributed by atoms with E-state index in [1.807, 2.05) is 7.05 Å². The smallest absolute Gasteiger partial charge is 0.190 e. The van der Waals surface area contributed by atoms with Gasteiger partial charge in [0.2, 0.25) is 0 Å². The number of hydrogen-bond donors (Lipinski definition) is 2. The van der Waals surface area contributed by atoms with Gasteiger partial charge in [-0.1, -0.05) is 0 Å². The molecule has 2 aliphatic heterocycles. The minimum absolute atomic E-state index is 0. The predicted molar refractivity (Wildman–Crippen MR) is 109 cm³/mol. The highest BCUT2D eigenvalue weighted by atomic mass is 127. The summed E-state index contributed by atoms with van der Waals surface area (Å²) in [6.45, 7) is 6.74. The first-order valence-electron chi connectivity index (χ1n) is 9.10. The molecule has 0 bridgehead atoms. The Hall–Kier alpha value is -0.120. The van der Waals surface area contributed by atoms with Crippen molar-refractivity contribution in [2.45, 2.75) is 38.2 Å². The summed E-state index contributed by atoms with van der Waals surface area (Å²) < 4.78 is 11.2. The number of nitrogens with one attached hydrogen (secondary N) is 2. The molecule has 7 heteroatoms. The van der Waals surface area contributed by atoms with Crippen molar-refractivity contribution in [2.75, 3.05) is 60.1 Å². The third kappa shape index (κ3) is 8.82. The summed E-state index contributed by atoms with van der Waals surface area (Å²) in [6.07, 6.45) is 6.18. The molecule has 1 unspecified atom stereocenters. The van der Waals surface area contributed by atoms with Gasteiger partial charge in [0, 0.05) is 33.4 Å². The van der Waals surface area contributed by atoms with E-state index >= 15 is 0 Å². The molecule has 0 amide bonds. The van der Waals surface area contributed by atoms with Crippen LogP contribution >= 0.6 is 24.0 Å². The summed E-state index contributed by atoms with van der Waals surface area (Å²) >= 11 is 0. The van der Waals surface area contributed by atoms with Crippen molar-refractivity contribution in [3.8, 4) is 0 Å². The lowest BCUT2D eigenvalue weighted by molar-refractivity contribution is 0.0168. The molecule has 0 aliphatic carbocycles. The van der Waals surface area contributed by atoms with Gasteiger partial charge in [0.1, 0.15) is 0 Å². The summed E-state index contributed by atoms with van der Waals surface area (Å²) in [6, 6.07) is 0. The molecule has 0 aromatic carbocycles. The summed E-state index contributed by atoms with van der Waals surface area (Å²) in [5, 5.41) is 6.81. The second-order valence-electron chi connectivity index (χ2n) is 6.69. The lowest BCUT2D eigenvalue weighted by Crippen LogP contribution is -2.42. The second-order valence-corrected chi connectivity index (χ2v) is 6.69. The fraction of sp³-hybridized carbons (Fsp3) is 0.941. The van der Waals surface area contributed by atoms with E-state index in [-0.39, 0.29) is 24.0 Å². The number of piperidine rings is 1.